The molecule has 7 heteroatoms. The van der Waals surface area contributed by atoms with Gasteiger partial charge >= 0.3 is 0 Å². The number of quaternary nitrogens is 1. The summed E-state index contributed by atoms with van der Waals surface area (Å²) in [4.78, 5) is 14.9. The lowest BCUT2D eigenvalue weighted by Crippen LogP contribution is -3.14. The van der Waals surface area contributed by atoms with Crippen molar-refractivity contribution in [3.05, 3.63) is 76.9 Å². The largest absolute Gasteiger partial charge is 0.329 e. The Kier molecular flexibility index (Phi) is 5.91. The summed E-state index contributed by atoms with van der Waals surface area (Å²) >= 11 is 0. The molecule has 0 spiro atoms. The zero-order valence-electron chi connectivity index (χ0n) is 14.5. The minimum atomic E-state index is -1.96. The molecule has 2 aromatic rings. The molecule has 0 bridgehead atoms. The molecule has 1 saturated heterocycles. The van der Waals surface area contributed by atoms with Crippen LogP contribution in [0.5, 0.6) is 0 Å². The molecule has 1 N–H and O–H groups in total. The summed E-state index contributed by atoms with van der Waals surface area (Å²) in [5, 5.41) is 0. The molecule has 0 unspecified atom stereocenters. The van der Waals surface area contributed by atoms with Crippen LogP contribution in [0.2, 0.25) is 0 Å². The van der Waals surface area contributed by atoms with E-state index in [1.165, 1.54) is 9.80 Å². The summed E-state index contributed by atoms with van der Waals surface area (Å²) in [6, 6.07) is 10.3. The van der Waals surface area contributed by atoms with E-state index in [9.17, 15) is 22.4 Å². The first-order valence-electron chi connectivity index (χ1n) is 8.65. The van der Waals surface area contributed by atoms with Gasteiger partial charge in [-0.05, 0) is 17.7 Å². The minimum Gasteiger partial charge on any atom is -0.329 e. The topological polar surface area (TPSA) is 24.8 Å². The van der Waals surface area contributed by atoms with E-state index in [1.54, 1.807) is 0 Å². The number of halogens is 4. The normalized spacial score (nSPS) is 15.5. The number of nitrogens with one attached hydrogen (secondary N) is 1. The van der Waals surface area contributed by atoms with E-state index in [0.29, 0.717) is 32.2 Å². The summed E-state index contributed by atoms with van der Waals surface area (Å²) in [5.74, 6) is -7.94. The molecule has 1 amide bonds. The van der Waals surface area contributed by atoms with Crippen LogP contribution in [0, 0.1) is 23.3 Å². The molecule has 27 heavy (non-hydrogen) atoms. The Morgan fingerprint density at radius 3 is 2.33 bits per heavy atom. The smallest absolute Gasteiger partial charge is 0.257 e. The predicted molar refractivity (Wildman–Crippen MR) is 93.2 cm³/mol. The third-order valence-corrected chi connectivity index (χ3v) is 4.61. The van der Waals surface area contributed by atoms with E-state index in [-0.39, 0.29) is 0 Å². The molecule has 1 fully saturated rings. The third-order valence-electron chi connectivity index (χ3n) is 4.61. The van der Waals surface area contributed by atoms with E-state index in [0.717, 1.165) is 12.1 Å². The Morgan fingerprint density at radius 1 is 1.00 bits per heavy atom. The predicted octanol–water partition coefficient (Wildman–Crippen LogP) is 2.30. The van der Waals surface area contributed by atoms with Gasteiger partial charge in [0.15, 0.2) is 23.3 Å². The summed E-state index contributed by atoms with van der Waals surface area (Å²) in [6.45, 7) is 2.67. The van der Waals surface area contributed by atoms with E-state index in [1.807, 2.05) is 42.5 Å². The molecule has 1 heterocycles. The fourth-order valence-electron chi connectivity index (χ4n) is 3.05. The van der Waals surface area contributed by atoms with Crippen molar-refractivity contribution in [3.8, 4) is 0 Å². The number of nitrogens with zero attached hydrogens (tertiary/aromatic N) is 1. The van der Waals surface area contributed by atoms with E-state index in [4.69, 9.17) is 0 Å². The van der Waals surface area contributed by atoms with Crippen LogP contribution in [-0.2, 0) is 0 Å². The molecular formula is C20H19F4N2O+. The molecular weight excluding hydrogens is 360 g/mol. The van der Waals surface area contributed by atoms with Crippen molar-refractivity contribution < 1.29 is 27.3 Å². The maximum atomic E-state index is 13.8. The van der Waals surface area contributed by atoms with Crippen molar-refractivity contribution in [1.29, 1.82) is 0 Å². The van der Waals surface area contributed by atoms with Crippen LogP contribution in [0.4, 0.5) is 17.6 Å². The highest BCUT2D eigenvalue weighted by molar-refractivity contribution is 5.94. The average Bonchev–Trinajstić information content (AvgIpc) is 2.70. The summed E-state index contributed by atoms with van der Waals surface area (Å²) < 4.78 is 53.5. The fraction of sp³-hybridized carbons (Fsp3) is 0.250. The molecule has 3 rings (SSSR count). The molecule has 0 saturated carbocycles. The molecule has 2 aromatic carbocycles. The second-order valence-corrected chi connectivity index (χ2v) is 6.41. The van der Waals surface area contributed by atoms with Crippen LogP contribution < -0.4 is 4.90 Å². The number of carbonyl (C=O) groups excluding carboxylic acids is 1. The van der Waals surface area contributed by atoms with Gasteiger partial charge in [0.1, 0.15) is 0 Å². The number of hydrogen-bond donors (Lipinski definition) is 1. The van der Waals surface area contributed by atoms with Crippen molar-refractivity contribution in [2.24, 2.45) is 0 Å². The summed E-state index contributed by atoms with van der Waals surface area (Å²) in [5.41, 5.74) is 0.320. The number of hydrogen-bond acceptors (Lipinski definition) is 1. The second-order valence-electron chi connectivity index (χ2n) is 6.41. The number of amides is 1. The Hall–Kier alpha value is -2.67. The quantitative estimate of drug-likeness (QED) is 0.492. The first kappa shape index (κ1) is 19.1. The fourth-order valence-corrected chi connectivity index (χ4v) is 3.05. The number of carbonyl (C=O) groups is 1. The molecule has 0 aromatic heterocycles. The van der Waals surface area contributed by atoms with Gasteiger partial charge in [0.25, 0.3) is 5.91 Å². The number of piperazine rings is 1. The van der Waals surface area contributed by atoms with Gasteiger partial charge in [-0.2, -0.15) is 0 Å². The monoisotopic (exact) mass is 379 g/mol. The van der Waals surface area contributed by atoms with Crippen molar-refractivity contribution in [1.82, 2.24) is 4.90 Å². The number of benzene rings is 2. The van der Waals surface area contributed by atoms with E-state index < -0.39 is 34.7 Å². The van der Waals surface area contributed by atoms with Gasteiger partial charge in [0.2, 0.25) is 0 Å². The Labute approximate surface area is 154 Å². The van der Waals surface area contributed by atoms with Crippen LogP contribution in [0.25, 0.3) is 6.08 Å². The molecule has 142 valence electrons. The van der Waals surface area contributed by atoms with E-state index in [2.05, 4.69) is 0 Å². The van der Waals surface area contributed by atoms with Crippen LogP contribution in [0.15, 0.2) is 42.5 Å². The lowest BCUT2D eigenvalue weighted by Gasteiger charge is -2.31. The summed E-state index contributed by atoms with van der Waals surface area (Å²) in [7, 11) is 0. The maximum Gasteiger partial charge on any atom is 0.257 e. The van der Waals surface area contributed by atoms with Gasteiger partial charge in [0, 0.05) is 0 Å². The van der Waals surface area contributed by atoms with Crippen LogP contribution >= 0.6 is 0 Å². The van der Waals surface area contributed by atoms with Crippen molar-refractivity contribution in [3.63, 3.8) is 0 Å². The molecule has 0 aliphatic carbocycles. The van der Waals surface area contributed by atoms with Crippen molar-refractivity contribution in [2.75, 3.05) is 32.7 Å². The Morgan fingerprint density at radius 2 is 1.67 bits per heavy atom. The molecule has 0 atom stereocenters. The molecule has 1 aliphatic heterocycles. The highest BCUT2D eigenvalue weighted by Gasteiger charge is 2.29. The average molecular weight is 379 g/mol. The second kappa shape index (κ2) is 8.35. The standard InChI is InChI=1S/C20H18F4N2O/c21-16-13-15(17(22)19(24)18(16)23)20(27)26-11-9-25(10-12-26)8-4-7-14-5-2-1-3-6-14/h1-7,13H,8-12H2/p+1/b7-4+. The van der Waals surface area contributed by atoms with Gasteiger partial charge in [-0.1, -0.05) is 36.4 Å². The highest BCUT2D eigenvalue weighted by atomic mass is 19.2. The van der Waals surface area contributed by atoms with Crippen LogP contribution in [0.1, 0.15) is 15.9 Å². The van der Waals surface area contributed by atoms with Gasteiger partial charge in [0.05, 0.1) is 38.3 Å². The van der Waals surface area contributed by atoms with Crippen LogP contribution in [-0.4, -0.2) is 43.5 Å². The summed E-state index contributed by atoms with van der Waals surface area (Å²) in [6.07, 6.45) is 4.07. The SMILES string of the molecule is O=C(c1cc(F)c(F)c(F)c1F)N1CC[NH+](C/C=C/c2ccccc2)CC1. The minimum absolute atomic E-state index is 0.327. The first-order valence-corrected chi connectivity index (χ1v) is 8.65. The molecule has 1 aliphatic rings. The van der Waals surface area contributed by atoms with Gasteiger partial charge in [-0.15, -0.1) is 0 Å². The van der Waals surface area contributed by atoms with Crippen molar-refractivity contribution >= 4 is 12.0 Å². The lowest BCUT2D eigenvalue weighted by atomic mass is 10.1. The molecule has 3 nitrogen and oxygen atoms in total. The van der Waals surface area contributed by atoms with Crippen LogP contribution in [0.3, 0.4) is 0 Å². The highest BCUT2D eigenvalue weighted by Crippen LogP contribution is 2.20. The molecule has 0 radical (unpaired) electrons. The first-order chi connectivity index (χ1) is 13.0. The lowest BCUT2D eigenvalue weighted by molar-refractivity contribution is -0.898. The third kappa shape index (κ3) is 4.36. The van der Waals surface area contributed by atoms with Gasteiger partial charge < -0.3 is 9.80 Å². The van der Waals surface area contributed by atoms with Crippen molar-refractivity contribution in [2.45, 2.75) is 0 Å². The van der Waals surface area contributed by atoms with E-state index >= 15 is 0 Å². The van der Waals surface area contributed by atoms with Gasteiger partial charge in [-0.3, -0.25) is 4.79 Å². The Bertz CT molecular complexity index is 847. The zero-order valence-corrected chi connectivity index (χ0v) is 14.5. The number of rotatable bonds is 4. The Balaban J connectivity index is 1.58. The zero-order chi connectivity index (χ0) is 19.4. The maximum absolute atomic E-state index is 13.8. The van der Waals surface area contributed by atoms with Gasteiger partial charge in [-0.25, -0.2) is 17.6 Å².